The molecule has 26 heavy (non-hydrogen) atoms. The van der Waals surface area contributed by atoms with E-state index in [1.54, 1.807) is 12.1 Å². The highest BCUT2D eigenvalue weighted by molar-refractivity contribution is 5.97. The summed E-state index contributed by atoms with van der Waals surface area (Å²) >= 11 is 0. The highest BCUT2D eigenvalue weighted by atomic mass is 16.5. The summed E-state index contributed by atoms with van der Waals surface area (Å²) in [6.07, 6.45) is -0.700. The Hall–Kier alpha value is -2.81. The molecule has 9 heteroatoms. The molecule has 9 nitrogen and oxygen atoms in total. The van der Waals surface area contributed by atoms with Gasteiger partial charge in [0.1, 0.15) is 0 Å². The Bertz CT molecular complexity index is 677. The van der Waals surface area contributed by atoms with Crippen molar-refractivity contribution in [2.75, 3.05) is 40.5 Å². The van der Waals surface area contributed by atoms with E-state index in [1.165, 1.54) is 25.2 Å². The van der Waals surface area contributed by atoms with Crippen molar-refractivity contribution < 1.29 is 33.7 Å². The van der Waals surface area contributed by atoms with Gasteiger partial charge in [-0.15, -0.1) is 0 Å². The number of rotatable bonds is 7. The Balaban J connectivity index is 1.90. The number of aliphatic carboxylic acids is 1. The van der Waals surface area contributed by atoms with Crippen LogP contribution in [0.15, 0.2) is 18.2 Å². The maximum absolute atomic E-state index is 12.3. The van der Waals surface area contributed by atoms with Crippen LogP contribution in [-0.2, 0) is 14.3 Å². The largest absolute Gasteiger partial charge is 0.493 e. The van der Waals surface area contributed by atoms with Crippen molar-refractivity contribution in [2.24, 2.45) is 0 Å². The van der Waals surface area contributed by atoms with Crippen LogP contribution in [0, 0.1) is 0 Å². The van der Waals surface area contributed by atoms with Crippen molar-refractivity contribution in [2.45, 2.75) is 12.5 Å². The SMILES string of the molecule is COc1ccc(C(=O)NCC(=O)N2CCOC(CC(=O)O)C2)cc1OC. The third-order valence-corrected chi connectivity index (χ3v) is 3.94. The quantitative estimate of drug-likeness (QED) is 0.705. The molecule has 2 N–H and O–H groups in total. The number of amides is 2. The molecule has 0 aromatic heterocycles. The number of morpholine rings is 1. The topological polar surface area (TPSA) is 114 Å². The lowest BCUT2D eigenvalue weighted by Gasteiger charge is -2.32. The second-order valence-corrected chi connectivity index (χ2v) is 5.68. The van der Waals surface area contributed by atoms with Crippen LogP contribution in [0.3, 0.4) is 0 Å². The Kier molecular flexibility index (Phi) is 6.79. The van der Waals surface area contributed by atoms with Gasteiger partial charge in [0.2, 0.25) is 5.91 Å². The van der Waals surface area contributed by atoms with Gasteiger partial charge in [-0.3, -0.25) is 14.4 Å². The monoisotopic (exact) mass is 366 g/mol. The fourth-order valence-electron chi connectivity index (χ4n) is 2.61. The highest BCUT2D eigenvalue weighted by Gasteiger charge is 2.26. The minimum Gasteiger partial charge on any atom is -0.493 e. The third-order valence-electron chi connectivity index (χ3n) is 3.94. The molecule has 1 fully saturated rings. The number of hydrogen-bond acceptors (Lipinski definition) is 6. The zero-order chi connectivity index (χ0) is 19.1. The van der Waals surface area contributed by atoms with Crippen molar-refractivity contribution in [3.63, 3.8) is 0 Å². The van der Waals surface area contributed by atoms with E-state index in [1.807, 2.05) is 0 Å². The first-order chi connectivity index (χ1) is 12.4. The molecule has 1 aliphatic heterocycles. The molecule has 0 spiro atoms. The number of carbonyl (C=O) groups excluding carboxylic acids is 2. The minimum absolute atomic E-state index is 0.165. The summed E-state index contributed by atoms with van der Waals surface area (Å²) in [6.45, 7) is 0.638. The Morgan fingerprint density at radius 3 is 2.65 bits per heavy atom. The molecule has 0 saturated carbocycles. The number of carboxylic acid groups (broad SMARTS) is 1. The molecule has 1 atom stereocenters. The first kappa shape index (κ1) is 19.5. The Morgan fingerprint density at radius 2 is 2.00 bits per heavy atom. The van der Waals surface area contributed by atoms with Crippen molar-refractivity contribution in [1.82, 2.24) is 10.2 Å². The van der Waals surface area contributed by atoms with Gasteiger partial charge in [-0.1, -0.05) is 0 Å². The number of carbonyl (C=O) groups is 3. The van der Waals surface area contributed by atoms with E-state index in [2.05, 4.69) is 5.32 Å². The number of hydrogen-bond donors (Lipinski definition) is 2. The predicted octanol–water partition coefficient (Wildman–Crippen LogP) is 0.136. The second-order valence-electron chi connectivity index (χ2n) is 5.68. The smallest absolute Gasteiger partial charge is 0.306 e. The van der Waals surface area contributed by atoms with Crippen LogP contribution < -0.4 is 14.8 Å². The van der Waals surface area contributed by atoms with Gasteiger partial charge >= 0.3 is 5.97 Å². The van der Waals surface area contributed by atoms with Gasteiger partial charge in [-0.25, -0.2) is 0 Å². The molecule has 1 saturated heterocycles. The molecule has 142 valence electrons. The van der Waals surface area contributed by atoms with Crippen LogP contribution in [0.5, 0.6) is 11.5 Å². The van der Waals surface area contributed by atoms with Crippen LogP contribution in [0.4, 0.5) is 0 Å². The van der Waals surface area contributed by atoms with E-state index < -0.39 is 18.0 Å². The van der Waals surface area contributed by atoms with Crippen LogP contribution in [-0.4, -0.2) is 74.4 Å². The van der Waals surface area contributed by atoms with E-state index in [-0.39, 0.29) is 32.0 Å². The Labute approximate surface area is 150 Å². The summed E-state index contributed by atoms with van der Waals surface area (Å²) in [4.78, 5) is 36.7. The third kappa shape index (κ3) is 5.09. The summed E-state index contributed by atoms with van der Waals surface area (Å²) in [5, 5.41) is 11.4. The molecule has 1 aliphatic rings. The number of ether oxygens (including phenoxy) is 3. The van der Waals surface area contributed by atoms with Crippen molar-refractivity contribution in [3.8, 4) is 11.5 Å². The normalized spacial score (nSPS) is 16.7. The predicted molar refractivity (Wildman–Crippen MR) is 90.5 cm³/mol. The molecule has 0 aliphatic carbocycles. The summed E-state index contributed by atoms with van der Waals surface area (Å²) in [6, 6.07) is 4.70. The molecule has 1 unspecified atom stereocenters. The van der Waals surface area contributed by atoms with Gasteiger partial charge < -0.3 is 29.5 Å². The molecule has 1 heterocycles. The zero-order valence-corrected chi connectivity index (χ0v) is 14.7. The summed E-state index contributed by atoms with van der Waals surface area (Å²) < 4.78 is 15.6. The number of nitrogens with zero attached hydrogens (tertiary/aromatic N) is 1. The van der Waals surface area contributed by atoms with Gasteiger partial charge in [0.25, 0.3) is 5.91 Å². The molecule has 2 amide bonds. The van der Waals surface area contributed by atoms with E-state index in [4.69, 9.17) is 19.3 Å². The van der Waals surface area contributed by atoms with Gasteiger partial charge in [0, 0.05) is 18.7 Å². The fourth-order valence-corrected chi connectivity index (χ4v) is 2.61. The zero-order valence-electron chi connectivity index (χ0n) is 14.7. The number of benzene rings is 1. The second kappa shape index (κ2) is 9.04. The van der Waals surface area contributed by atoms with Gasteiger partial charge in [0.05, 0.1) is 39.9 Å². The van der Waals surface area contributed by atoms with Crippen LogP contribution in [0.1, 0.15) is 16.8 Å². The summed E-state index contributed by atoms with van der Waals surface area (Å²) in [5.74, 6) is -0.785. The number of nitrogens with one attached hydrogen (secondary N) is 1. The lowest BCUT2D eigenvalue weighted by Crippen LogP contribution is -2.49. The van der Waals surface area contributed by atoms with Crippen molar-refractivity contribution in [1.29, 1.82) is 0 Å². The highest BCUT2D eigenvalue weighted by Crippen LogP contribution is 2.27. The number of methoxy groups -OCH3 is 2. The molecule has 1 aromatic rings. The van der Waals surface area contributed by atoms with E-state index in [9.17, 15) is 14.4 Å². The maximum Gasteiger partial charge on any atom is 0.306 e. The number of carboxylic acids is 1. The van der Waals surface area contributed by atoms with Crippen molar-refractivity contribution >= 4 is 17.8 Å². The van der Waals surface area contributed by atoms with Gasteiger partial charge in [0.15, 0.2) is 11.5 Å². The summed E-state index contributed by atoms with van der Waals surface area (Å²) in [7, 11) is 2.96. The molecule has 2 rings (SSSR count). The van der Waals surface area contributed by atoms with Gasteiger partial charge in [-0.05, 0) is 18.2 Å². The molecular weight excluding hydrogens is 344 g/mol. The van der Waals surface area contributed by atoms with E-state index in [0.29, 0.717) is 23.6 Å². The lowest BCUT2D eigenvalue weighted by atomic mass is 10.2. The lowest BCUT2D eigenvalue weighted by molar-refractivity contribution is -0.147. The fraction of sp³-hybridized carbons (Fsp3) is 0.471. The average Bonchev–Trinajstić information content (AvgIpc) is 2.64. The van der Waals surface area contributed by atoms with Crippen LogP contribution in [0.2, 0.25) is 0 Å². The maximum atomic E-state index is 12.3. The summed E-state index contributed by atoms with van der Waals surface area (Å²) in [5.41, 5.74) is 0.334. The first-order valence-corrected chi connectivity index (χ1v) is 8.06. The molecule has 1 aromatic carbocycles. The van der Waals surface area contributed by atoms with Crippen LogP contribution >= 0.6 is 0 Å². The molecule has 0 bridgehead atoms. The van der Waals surface area contributed by atoms with Crippen molar-refractivity contribution in [3.05, 3.63) is 23.8 Å². The molecular formula is C17H22N2O7. The minimum atomic E-state index is -0.981. The Morgan fingerprint density at radius 1 is 1.27 bits per heavy atom. The van der Waals surface area contributed by atoms with E-state index in [0.717, 1.165) is 0 Å². The average molecular weight is 366 g/mol. The molecule has 0 radical (unpaired) electrons. The van der Waals surface area contributed by atoms with E-state index >= 15 is 0 Å². The van der Waals surface area contributed by atoms with Crippen LogP contribution in [0.25, 0.3) is 0 Å². The standard InChI is InChI=1S/C17H22N2O7/c1-24-13-4-3-11(7-14(13)25-2)17(23)18-9-15(20)19-5-6-26-12(10-19)8-16(21)22/h3-4,7,12H,5-6,8-10H2,1-2H3,(H,18,23)(H,21,22). The first-order valence-electron chi connectivity index (χ1n) is 8.06. The van der Waals surface area contributed by atoms with Gasteiger partial charge in [-0.2, -0.15) is 0 Å².